The van der Waals surface area contributed by atoms with Gasteiger partial charge in [-0.15, -0.1) is 0 Å². The fourth-order valence-electron chi connectivity index (χ4n) is 3.33. The second-order valence-electron chi connectivity index (χ2n) is 6.66. The van der Waals surface area contributed by atoms with Gasteiger partial charge in [0.2, 0.25) is 10.0 Å². The Bertz CT molecular complexity index is 852. The first-order valence-corrected chi connectivity index (χ1v) is 9.95. The molecular formula is C19H20FNO3S. The summed E-state index contributed by atoms with van der Waals surface area (Å²) in [4.78, 5) is -0.266. The van der Waals surface area contributed by atoms with Crippen LogP contribution in [-0.4, -0.2) is 31.9 Å². The monoisotopic (exact) mass is 361 g/mol. The van der Waals surface area contributed by atoms with E-state index in [1.807, 2.05) is 30.3 Å². The SMILES string of the molecule is O=S(=O)(c1ccccc1F)N1C[C@@H](c2ccccc2)O[C@@H](C2CC2)C1. The average molecular weight is 361 g/mol. The summed E-state index contributed by atoms with van der Waals surface area (Å²) < 4.78 is 47.7. The van der Waals surface area contributed by atoms with Gasteiger partial charge >= 0.3 is 0 Å². The summed E-state index contributed by atoms with van der Waals surface area (Å²) in [5.41, 5.74) is 0.946. The maximum absolute atomic E-state index is 14.1. The Morgan fingerprint density at radius 3 is 2.32 bits per heavy atom. The average Bonchev–Trinajstić information content (AvgIpc) is 3.47. The van der Waals surface area contributed by atoms with Crippen molar-refractivity contribution >= 4 is 10.0 Å². The normalized spacial score (nSPS) is 25.0. The maximum Gasteiger partial charge on any atom is 0.246 e. The molecule has 0 aromatic heterocycles. The molecule has 1 saturated heterocycles. The van der Waals surface area contributed by atoms with Gasteiger partial charge in [-0.25, -0.2) is 12.8 Å². The molecule has 0 N–H and O–H groups in total. The van der Waals surface area contributed by atoms with Crippen LogP contribution >= 0.6 is 0 Å². The molecule has 25 heavy (non-hydrogen) atoms. The van der Waals surface area contributed by atoms with Crippen LogP contribution in [0.1, 0.15) is 24.5 Å². The number of morpholine rings is 1. The fourth-order valence-corrected chi connectivity index (χ4v) is 4.84. The lowest BCUT2D eigenvalue weighted by atomic mass is 10.1. The maximum atomic E-state index is 14.1. The Labute approximate surface area is 147 Å². The molecule has 132 valence electrons. The zero-order chi connectivity index (χ0) is 17.4. The highest BCUT2D eigenvalue weighted by Gasteiger charge is 2.42. The van der Waals surface area contributed by atoms with Crippen LogP contribution < -0.4 is 0 Å². The molecule has 4 nitrogen and oxygen atoms in total. The van der Waals surface area contributed by atoms with Gasteiger partial charge in [-0.3, -0.25) is 0 Å². The van der Waals surface area contributed by atoms with Gasteiger partial charge in [0, 0.05) is 13.1 Å². The molecule has 2 atom stereocenters. The van der Waals surface area contributed by atoms with Crippen LogP contribution in [0.15, 0.2) is 59.5 Å². The molecule has 4 rings (SSSR count). The molecular weight excluding hydrogens is 341 g/mol. The third-order valence-corrected chi connectivity index (χ3v) is 6.73. The standard InChI is InChI=1S/C19H20FNO3S/c20-16-8-4-5-9-19(16)25(22,23)21-12-17(14-6-2-1-3-7-14)24-18(13-21)15-10-11-15/h1-9,15,17-18H,10-13H2/t17-,18+/m0/s1. The fraction of sp³-hybridized carbons (Fsp3) is 0.368. The lowest BCUT2D eigenvalue weighted by Gasteiger charge is -2.37. The molecule has 0 unspecified atom stereocenters. The smallest absolute Gasteiger partial charge is 0.246 e. The van der Waals surface area contributed by atoms with Gasteiger partial charge < -0.3 is 4.74 Å². The van der Waals surface area contributed by atoms with E-state index < -0.39 is 15.8 Å². The summed E-state index contributed by atoms with van der Waals surface area (Å²) in [7, 11) is -3.89. The minimum absolute atomic E-state index is 0.138. The number of halogens is 1. The number of rotatable bonds is 4. The van der Waals surface area contributed by atoms with Crippen molar-refractivity contribution < 1.29 is 17.5 Å². The lowest BCUT2D eigenvalue weighted by molar-refractivity contribution is -0.0747. The number of hydrogen-bond donors (Lipinski definition) is 0. The molecule has 6 heteroatoms. The van der Waals surface area contributed by atoms with Crippen molar-refractivity contribution in [3.8, 4) is 0 Å². The molecule has 2 aromatic rings. The highest BCUT2D eigenvalue weighted by molar-refractivity contribution is 7.89. The van der Waals surface area contributed by atoms with Crippen molar-refractivity contribution in [2.45, 2.75) is 29.9 Å². The van der Waals surface area contributed by atoms with E-state index in [0.29, 0.717) is 5.92 Å². The van der Waals surface area contributed by atoms with Gasteiger partial charge in [-0.1, -0.05) is 42.5 Å². The number of benzene rings is 2. The Hall–Kier alpha value is -1.76. The molecule has 1 aliphatic heterocycles. The number of hydrogen-bond acceptors (Lipinski definition) is 3. The third-order valence-electron chi connectivity index (χ3n) is 4.87. The van der Waals surface area contributed by atoms with Gasteiger partial charge in [0.25, 0.3) is 0 Å². The van der Waals surface area contributed by atoms with E-state index in [-0.39, 0.29) is 30.2 Å². The quantitative estimate of drug-likeness (QED) is 0.839. The van der Waals surface area contributed by atoms with Gasteiger partial charge in [0.1, 0.15) is 10.7 Å². The van der Waals surface area contributed by atoms with Crippen molar-refractivity contribution in [2.75, 3.05) is 13.1 Å². The first kappa shape index (κ1) is 16.7. The van der Waals surface area contributed by atoms with E-state index in [1.54, 1.807) is 6.07 Å². The van der Waals surface area contributed by atoms with Gasteiger partial charge in [-0.05, 0) is 36.5 Å². The second kappa shape index (κ2) is 6.52. The van der Waals surface area contributed by atoms with Crippen molar-refractivity contribution in [1.29, 1.82) is 0 Å². The summed E-state index contributed by atoms with van der Waals surface area (Å²) in [5.74, 6) is -0.321. The van der Waals surface area contributed by atoms with Crippen LogP contribution in [0.3, 0.4) is 0 Å². The largest absolute Gasteiger partial charge is 0.367 e. The van der Waals surface area contributed by atoms with Crippen molar-refractivity contribution in [3.05, 3.63) is 66.0 Å². The van der Waals surface area contributed by atoms with Crippen LogP contribution in [0.2, 0.25) is 0 Å². The summed E-state index contributed by atoms with van der Waals surface area (Å²) in [6.45, 7) is 0.481. The molecule has 1 saturated carbocycles. The Morgan fingerprint density at radius 2 is 1.64 bits per heavy atom. The topological polar surface area (TPSA) is 46.6 Å². The highest BCUT2D eigenvalue weighted by atomic mass is 32.2. The Morgan fingerprint density at radius 1 is 0.960 bits per heavy atom. The summed E-state index contributed by atoms with van der Waals surface area (Å²) >= 11 is 0. The van der Waals surface area contributed by atoms with Crippen LogP contribution in [0, 0.1) is 11.7 Å². The number of sulfonamides is 1. The molecule has 2 aliphatic rings. The lowest BCUT2D eigenvalue weighted by Crippen LogP contribution is -2.47. The molecule has 2 fully saturated rings. The van der Waals surface area contributed by atoms with E-state index >= 15 is 0 Å². The molecule has 2 aromatic carbocycles. The van der Waals surface area contributed by atoms with Gasteiger partial charge in [-0.2, -0.15) is 4.31 Å². The predicted octanol–water partition coefficient (Wildman–Crippen LogP) is 3.37. The van der Waals surface area contributed by atoms with Crippen molar-refractivity contribution in [1.82, 2.24) is 4.31 Å². The molecule has 0 radical (unpaired) electrons. The van der Waals surface area contributed by atoms with E-state index in [0.717, 1.165) is 18.4 Å². The summed E-state index contributed by atoms with van der Waals surface area (Å²) in [6, 6.07) is 15.2. The molecule has 0 spiro atoms. The summed E-state index contributed by atoms with van der Waals surface area (Å²) in [6.07, 6.45) is 1.64. The predicted molar refractivity (Wildman–Crippen MR) is 91.9 cm³/mol. The number of ether oxygens (including phenoxy) is 1. The van der Waals surface area contributed by atoms with Crippen LogP contribution in [0.5, 0.6) is 0 Å². The minimum Gasteiger partial charge on any atom is -0.367 e. The van der Waals surface area contributed by atoms with E-state index in [4.69, 9.17) is 4.74 Å². The van der Waals surface area contributed by atoms with Crippen molar-refractivity contribution in [3.63, 3.8) is 0 Å². The van der Waals surface area contributed by atoms with E-state index in [1.165, 1.54) is 22.5 Å². The minimum atomic E-state index is -3.89. The Kier molecular flexibility index (Phi) is 4.35. The Balaban J connectivity index is 1.67. The third kappa shape index (κ3) is 3.34. The zero-order valence-electron chi connectivity index (χ0n) is 13.7. The molecule has 0 amide bonds. The van der Waals surface area contributed by atoms with Crippen LogP contribution in [0.4, 0.5) is 4.39 Å². The zero-order valence-corrected chi connectivity index (χ0v) is 14.5. The molecule has 0 bridgehead atoms. The van der Waals surface area contributed by atoms with Gasteiger partial charge in [0.15, 0.2) is 0 Å². The molecule has 1 heterocycles. The molecule has 1 aliphatic carbocycles. The van der Waals surface area contributed by atoms with Gasteiger partial charge in [0.05, 0.1) is 12.2 Å². The first-order chi connectivity index (χ1) is 12.1. The van der Waals surface area contributed by atoms with Crippen LogP contribution in [-0.2, 0) is 14.8 Å². The van der Waals surface area contributed by atoms with Crippen LogP contribution in [0.25, 0.3) is 0 Å². The van der Waals surface area contributed by atoms with E-state index in [2.05, 4.69) is 0 Å². The van der Waals surface area contributed by atoms with E-state index in [9.17, 15) is 12.8 Å². The summed E-state index contributed by atoms with van der Waals surface area (Å²) in [5, 5.41) is 0. The first-order valence-electron chi connectivity index (χ1n) is 8.51. The van der Waals surface area contributed by atoms with Crippen molar-refractivity contribution in [2.24, 2.45) is 5.92 Å². The number of nitrogens with zero attached hydrogens (tertiary/aromatic N) is 1. The second-order valence-corrected chi connectivity index (χ2v) is 8.57. The highest BCUT2D eigenvalue weighted by Crippen LogP contribution is 2.40.